The minimum Gasteiger partial charge on any atom is -0.504 e. The van der Waals surface area contributed by atoms with Crippen molar-refractivity contribution in [2.45, 2.75) is 19.8 Å². The van der Waals surface area contributed by atoms with Gasteiger partial charge in [0.2, 0.25) is 0 Å². The van der Waals surface area contributed by atoms with Gasteiger partial charge in [-0.3, -0.25) is 0 Å². The molecule has 0 amide bonds. The first-order valence-corrected chi connectivity index (χ1v) is 4.62. The second kappa shape index (κ2) is 3.90. The molecule has 0 saturated heterocycles. The smallest absolute Gasteiger partial charge is 0.166 e. The first kappa shape index (κ1) is 9.52. The minimum absolute atomic E-state index is 0.291. The summed E-state index contributed by atoms with van der Waals surface area (Å²) in [5.41, 5.74) is 0.941. The Labute approximate surface area is 79.4 Å². The van der Waals surface area contributed by atoms with E-state index in [0.717, 1.165) is 18.4 Å². The fraction of sp³-hybridized carbons (Fsp3) is 0.333. The van der Waals surface area contributed by atoms with E-state index in [9.17, 15) is 9.50 Å². The summed E-state index contributed by atoms with van der Waals surface area (Å²) in [7, 11) is 0. The highest BCUT2D eigenvalue weighted by atomic mass is 79.9. The van der Waals surface area contributed by atoms with E-state index in [2.05, 4.69) is 15.9 Å². The highest BCUT2D eigenvalue weighted by Gasteiger charge is 2.08. The maximum atomic E-state index is 12.7. The normalized spacial score (nSPS) is 10.2. The molecule has 0 radical (unpaired) electrons. The van der Waals surface area contributed by atoms with E-state index in [-0.39, 0.29) is 5.75 Å². The third-order valence-corrected chi connectivity index (χ3v) is 2.55. The Morgan fingerprint density at radius 2 is 2.17 bits per heavy atom. The zero-order valence-corrected chi connectivity index (χ0v) is 8.36. The topological polar surface area (TPSA) is 20.2 Å². The van der Waals surface area contributed by atoms with E-state index in [1.165, 1.54) is 6.07 Å². The maximum absolute atomic E-state index is 12.7. The van der Waals surface area contributed by atoms with Crippen molar-refractivity contribution in [3.8, 4) is 5.75 Å². The van der Waals surface area contributed by atoms with Gasteiger partial charge >= 0.3 is 0 Å². The molecule has 1 rings (SSSR count). The Hall–Kier alpha value is -0.570. The summed E-state index contributed by atoms with van der Waals surface area (Å²) < 4.78 is 13.2. The second-order valence-corrected chi connectivity index (χ2v) is 3.41. The van der Waals surface area contributed by atoms with Crippen molar-refractivity contribution in [1.82, 2.24) is 0 Å². The predicted molar refractivity (Wildman–Crippen MR) is 49.8 cm³/mol. The minimum atomic E-state index is -0.582. The molecule has 0 fully saturated rings. The molecule has 3 heteroatoms. The lowest BCUT2D eigenvalue weighted by molar-refractivity contribution is 0.428. The Kier molecular flexibility index (Phi) is 3.09. The van der Waals surface area contributed by atoms with Crippen LogP contribution in [0.15, 0.2) is 16.6 Å². The number of rotatable bonds is 2. The van der Waals surface area contributed by atoms with Crippen molar-refractivity contribution >= 4 is 15.9 Å². The molecule has 0 unspecified atom stereocenters. The number of phenols is 1. The maximum Gasteiger partial charge on any atom is 0.166 e. The quantitative estimate of drug-likeness (QED) is 0.831. The summed E-state index contributed by atoms with van der Waals surface area (Å²) in [6.07, 6.45) is 1.82. The average molecular weight is 233 g/mol. The van der Waals surface area contributed by atoms with Gasteiger partial charge in [0.25, 0.3) is 0 Å². The van der Waals surface area contributed by atoms with Crippen LogP contribution in [0, 0.1) is 5.82 Å². The Balaban J connectivity index is 3.08. The molecule has 1 N–H and O–H groups in total. The van der Waals surface area contributed by atoms with Gasteiger partial charge in [-0.05, 0) is 34.0 Å². The van der Waals surface area contributed by atoms with Crippen molar-refractivity contribution in [2.75, 3.05) is 0 Å². The molecule has 0 spiro atoms. The van der Waals surface area contributed by atoms with Crippen LogP contribution in [0.3, 0.4) is 0 Å². The summed E-state index contributed by atoms with van der Waals surface area (Å²) >= 11 is 3.14. The van der Waals surface area contributed by atoms with Crippen LogP contribution in [0.5, 0.6) is 5.75 Å². The lowest BCUT2D eigenvalue weighted by atomic mass is 10.1. The van der Waals surface area contributed by atoms with E-state index in [0.29, 0.717) is 4.47 Å². The number of halogens is 2. The Morgan fingerprint density at radius 3 is 2.75 bits per heavy atom. The molecule has 66 valence electrons. The van der Waals surface area contributed by atoms with Crippen LogP contribution in [0.4, 0.5) is 4.39 Å². The fourth-order valence-corrected chi connectivity index (χ4v) is 1.57. The van der Waals surface area contributed by atoms with Crippen LogP contribution in [-0.2, 0) is 6.42 Å². The monoisotopic (exact) mass is 232 g/mol. The van der Waals surface area contributed by atoms with Crippen LogP contribution < -0.4 is 0 Å². The predicted octanol–water partition coefficient (Wildman–Crippen LogP) is 3.25. The summed E-state index contributed by atoms with van der Waals surface area (Å²) in [4.78, 5) is 0. The fourth-order valence-electron chi connectivity index (χ4n) is 1.05. The van der Waals surface area contributed by atoms with Gasteiger partial charge in [-0.25, -0.2) is 4.39 Å². The van der Waals surface area contributed by atoms with Crippen LogP contribution in [0.2, 0.25) is 0 Å². The van der Waals surface area contributed by atoms with Gasteiger partial charge in [-0.2, -0.15) is 0 Å². The highest BCUT2D eigenvalue weighted by Crippen LogP contribution is 2.30. The second-order valence-electron chi connectivity index (χ2n) is 2.62. The van der Waals surface area contributed by atoms with Crippen molar-refractivity contribution in [2.24, 2.45) is 0 Å². The van der Waals surface area contributed by atoms with Crippen molar-refractivity contribution in [1.29, 1.82) is 0 Å². The average Bonchev–Trinajstić information content (AvgIpc) is 2.07. The highest BCUT2D eigenvalue weighted by molar-refractivity contribution is 9.10. The third-order valence-electron chi connectivity index (χ3n) is 1.67. The number of aromatic hydroxyl groups is 1. The van der Waals surface area contributed by atoms with Crippen molar-refractivity contribution in [3.05, 3.63) is 28.0 Å². The number of benzene rings is 1. The van der Waals surface area contributed by atoms with Gasteiger partial charge in [0.05, 0.1) is 4.47 Å². The lowest BCUT2D eigenvalue weighted by Crippen LogP contribution is -1.87. The summed E-state index contributed by atoms with van der Waals surface area (Å²) in [6, 6.07) is 2.97. The Bertz CT molecular complexity index is 286. The van der Waals surface area contributed by atoms with Gasteiger partial charge in [0.15, 0.2) is 11.6 Å². The molecule has 0 aliphatic heterocycles. The molecule has 1 aromatic carbocycles. The number of hydrogen-bond donors (Lipinski definition) is 1. The number of phenolic OH excluding ortho intramolecular Hbond substituents is 1. The SMILES string of the molecule is CCCc1ccc(F)c(O)c1Br. The molecule has 0 aliphatic carbocycles. The number of aryl methyl sites for hydroxylation is 1. The van der Waals surface area contributed by atoms with Crippen LogP contribution in [-0.4, -0.2) is 5.11 Å². The molecule has 1 nitrogen and oxygen atoms in total. The Morgan fingerprint density at radius 1 is 1.50 bits per heavy atom. The molecular weight excluding hydrogens is 223 g/mol. The largest absolute Gasteiger partial charge is 0.504 e. The summed E-state index contributed by atoms with van der Waals surface area (Å²) in [5, 5.41) is 9.19. The first-order valence-electron chi connectivity index (χ1n) is 3.82. The molecule has 0 aliphatic rings. The van der Waals surface area contributed by atoms with E-state index in [1.54, 1.807) is 6.07 Å². The van der Waals surface area contributed by atoms with Gasteiger partial charge in [0.1, 0.15) is 0 Å². The molecule has 0 atom stereocenters. The van der Waals surface area contributed by atoms with Gasteiger partial charge in [0, 0.05) is 0 Å². The molecule has 0 heterocycles. The third kappa shape index (κ3) is 1.78. The molecule has 12 heavy (non-hydrogen) atoms. The summed E-state index contributed by atoms with van der Waals surface area (Å²) in [5.74, 6) is -0.873. The van der Waals surface area contributed by atoms with E-state index < -0.39 is 5.82 Å². The van der Waals surface area contributed by atoms with Gasteiger partial charge < -0.3 is 5.11 Å². The van der Waals surface area contributed by atoms with Crippen LogP contribution >= 0.6 is 15.9 Å². The summed E-state index contributed by atoms with van der Waals surface area (Å²) in [6.45, 7) is 2.03. The van der Waals surface area contributed by atoms with Crippen molar-refractivity contribution in [3.63, 3.8) is 0 Å². The van der Waals surface area contributed by atoms with E-state index >= 15 is 0 Å². The molecular formula is C9H10BrFO. The number of hydrogen-bond acceptors (Lipinski definition) is 1. The lowest BCUT2D eigenvalue weighted by Gasteiger charge is -2.04. The molecule has 0 aromatic heterocycles. The zero-order chi connectivity index (χ0) is 9.14. The standard InChI is InChI=1S/C9H10BrFO/c1-2-3-6-4-5-7(11)9(12)8(6)10/h4-5,12H,2-3H2,1H3. The van der Waals surface area contributed by atoms with Crippen molar-refractivity contribution < 1.29 is 9.50 Å². The molecule has 0 saturated carbocycles. The van der Waals surface area contributed by atoms with Gasteiger partial charge in [-0.1, -0.05) is 19.4 Å². The molecule has 0 bridgehead atoms. The molecule has 1 aromatic rings. The first-order chi connectivity index (χ1) is 5.66. The van der Waals surface area contributed by atoms with Gasteiger partial charge in [-0.15, -0.1) is 0 Å². The van der Waals surface area contributed by atoms with E-state index in [4.69, 9.17) is 0 Å². The zero-order valence-electron chi connectivity index (χ0n) is 6.77. The van der Waals surface area contributed by atoms with Crippen LogP contribution in [0.1, 0.15) is 18.9 Å². The van der Waals surface area contributed by atoms with Crippen LogP contribution in [0.25, 0.3) is 0 Å². The van der Waals surface area contributed by atoms with E-state index in [1.807, 2.05) is 6.92 Å².